The Labute approximate surface area is 151 Å². The minimum absolute atomic E-state index is 0.0320. The second-order valence-electron chi connectivity index (χ2n) is 6.92. The normalized spacial score (nSPS) is 15.9. The first-order chi connectivity index (χ1) is 12.2. The van der Waals surface area contributed by atoms with Crippen molar-refractivity contribution in [2.45, 2.75) is 44.7 Å². The average molecular weight is 353 g/mol. The van der Waals surface area contributed by atoms with E-state index in [1.165, 1.54) is 32.1 Å². The predicted octanol–water partition coefficient (Wildman–Crippen LogP) is 4.42. The minimum atomic E-state index is -0.0320. The number of hydrogen-bond donors (Lipinski definition) is 1. The summed E-state index contributed by atoms with van der Waals surface area (Å²) < 4.78 is 0. The molecule has 0 atom stereocenters. The van der Waals surface area contributed by atoms with Gasteiger partial charge >= 0.3 is 0 Å². The Hall–Kier alpha value is -1.98. The first kappa shape index (κ1) is 16.5. The minimum Gasteiger partial charge on any atom is -0.309 e. The van der Waals surface area contributed by atoms with E-state index >= 15 is 0 Å². The molecule has 1 saturated carbocycles. The van der Waals surface area contributed by atoms with Crippen LogP contribution in [0.2, 0.25) is 0 Å². The van der Waals surface area contributed by atoms with Crippen LogP contribution in [0.3, 0.4) is 0 Å². The monoisotopic (exact) mass is 353 g/mol. The lowest BCUT2D eigenvalue weighted by Crippen LogP contribution is -2.34. The van der Waals surface area contributed by atoms with Gasteiger partial charge in [-0.05, 0) is 31.5 Å². The number of aromatic nitrogens is 2. The SMILES string of the molecule is CN(Cc1nc2sc(-c3ccccc3)cc2c(=O)[nH]1)C1CCCCC1. The zero-order chi connectivity index (χ0) is 17.2. The zero-order valence-electron chi connectivity index (χ0n) is 14.5. The molecule has 0 unspecified atom stereocenters. The molecular formula is C20H23N3OS. The van der Waals surface area contributed by atoms with Crippen LogP contribution in [0.4, 0.5) is 0 Å². The van der Waals surface area contributed by atoms with Gasteiger partial charge in [0.15, 0.2) is 0 Å². The Morgan fingerprint density at radius 1 is 1.20 bits per heavy atom. The molecule has 0 bridgehead atoms. The molecular weight excluding hydrogens is 330 g/mol. The largest absolute Gasteiger partial charge is 0.309 e. The number of H-pyrrole nitrogens is 1. The lowest BCUT2D eigenvalue weighted by Gasteiger charge is -2.30. The number of rotatable bonds is 4. The first-order valence-electron chi connectivity index (χ1n) is 8.99. The van der Waals surface area contributed by atoms with Crippen molar-refractivity contribution in [2.75, 3.05) is 7.05 Å². The lowest BCUT2D eigenvalue weighted by atomic mass is 9.94. The molecule has 2 aromatic heterocycles. The maximum absolute atomic E-state index is 12.5. The summed E-state index contributed by atoms with van der Waals surface area (Å²) in [4.78, 5) is 24.5. The van der Waals surface area contributed by atoms with Gasteiger partial charge in [0.1, 0.15) is 10.7 Å². The molecule has 25 heavy (non-hydrogen) atoms. The Bertz CT molecular complexity index is 910. The fourth-order valence-corrected chi connectivity index (χ4v) is 4.74. The number of nitrogens with zero attached hydrogens (tertiary/aromatic N) is 2. The van der Waals surface area contributed by atoms with Crippen molar-refractivity contribution in [1.82, 2.24) is 14.9 Å². The predicted molar refractivity (Wildman–Crippen MR) is 104 cm³/mol. The summed E-state index contributed by atoms with van der Waals surface area (Å²) in [6.07, 6.45) is 6.47. The van der Waals surface area contributed by atoms with Gasteiger partial charge in [0.05, 0.1) is 11.9 Å². The summed E-state index contributed by atoms with van der Waals surface area (Å²) in [7, 11) is 2.14. The van der Waals surface area contributed by atoms with Crippen molar-refractivity contribution in [3.8, 4) is 10.4 Å². The van der Waals surface area contributed by atoms with Crippen LogP contribution in [0.5, 0.6) is 0 Å². The van der Waals surface area contributed by atoms with Crippen LogP contribution < -0.4 is 5.56 Å². The van der Waals surface area contributed by atoms with Crippen molar-refractivity contribution in [2.24, 2.45) is 0 Å². The third-order valence-electron chi connectivity index (χ3n) is 5.11. The second kappa shape index (κ2) is 7.10. The summed E-state index contributed by atoms with van der Waals surface area (Å²) >= 11 is 1.59. The molecule has 0 spiro atoms. The van der Waals surface area contributed by atoms with Crippen LogP contribution in [0, 0.1) is 0 Å². The van der Waals surface area contributed by atoms with Gasteiger partial charge in [0, 0.05) is 10.9 Å². The molecule has 3 aromatic rings. The Kier molecular flexibility index (Phi) is 4.68. The lowest BCUT2D eigenvalue weighted by molar-refractivity contribution is 0.181. The van der Waals surface area contributed by atoms with Gasteiger partial charge < -0.3 is 4.98 Å². The summed E-state index contributed by atoms with van der Waals surface area (Å²) in [6, 6.07) is 12.7. The molecule has 1 N–H and O–H groups in total. The van der Waals surface area contributed by atoms with E-state index in [2.05, 4.69) is 29.1 Å². The molecule has 0 saturated heterocycles. The van der Waals surface area contributed by atoms with Crippen molar-refractivity contribution in [3.05, 3.63) is 52.6 Å². The molecule has 1 aromatic carbocycles. The summed E-state index contributed by atoms with van der Waals surface area (Å²) in [5.74, 6) is 0.770. The molecule has 1 aliphatic rings. The highest BCUT2D eigenvalue weighted by molar-refractivity contribution is 7.21. The maximum Gasteiger partial charge on any atom is 0.259 e. The molecule has 0 aliphatic heterocycles. The summed E-state index contributed by atoms with van der Waals surface area (Å²) in [6.45, 7) is 0.703. The van der Waals surface area contributed by atoms with Gasteiger partial charge in [-0.3, -0.25) is 9.69 Å². The molecule has 5 heteroatoms. The summed E-state index contributed by atoms with van der Waals surface area (Å²) in [5, 5.41) is 0.688. The first-order valence-corrected chi connectivity index (χ1v) is 9.81. The molecule has 0 amide bonds. The Balaban J connectivity index is 1.61. The van der Waals surface area contributed by atoms with Crippen molar-refractivity contribution in [3.63, 3.8) is 0 Å². The van der Waals surface area contributed by atoms with Gasteiger partial charge in [-0.15, -0.1) is 11.3 Å². The van der Waals surface area contributed by atoms with E-state index in [4.69, 9.17) is 4.98 Å². The Morgan fingerprint density at radius 2 is 1.96 bits per heavy atom. The van der Waals surface area contributed by atoms with E-state index < -0.39 is 0 Å². The highest BCUT2D eigenvalue weighted by Gasteiger charge is 2.19. The zero-order valence-corrected chi connectivity index (χ0v) is 15.3. The van der Waals surface area contributed by atoms with Crippen LogP contribution in [0.25, 0.3) is 20.7 Å². The maximum atomic E-state index is 12.5. The van der Waals surface area contributed by atoms with Gasteiger partial charge in [-0.25, -0.2) is 4.98 Å². The van der Waals surface area contributed by atoms with Crippen molar-refractivity contribution < 1.29 is 0 Å². The fraction of sp³-hybridized carbons (Fsp3) is 0.400. The topological polar surface area (TPSA) is 49.0 Å². The number of hydrogen-bond acceptors (Lipinski definition) is 4. The van der Waals surface area contributed by atoms with E-state index in [1.807, 2.05) is 24.3 Å². The van der Waals surface area contributed by atoms with Gasteiger partial charge in [0.25, 0.3) is 5.56 Å². The number of fused-ring (bicyclic) bond motifs is 1. The smallest absolute Gasteiger partial charge is 0.259 e. The van der Waals surface area contributed by atoms with E-state index in [0.717, 1.165) is 21.1 Å². The number of nitrogens with one attached hydrogen (secondary N) is 1. The van der Waals surface area contributed by atoms with Gasteiger partial charge in [-0.1, -0.05) is 49.6 Å². The van der Waals surface area contributed by atoms with Crippen LogP contribution in [0.1, 0.15) is 37.9 Å². The van der Waals surface area contributed by atoms with Crippen LogP contribution in [0.15, 0.2) is 41.2 Å². The third-order valence-corrected chi connectivity index (χ3v) is 6.18. The fourth-order valence-electron chi connectivity index (χ4n) is 3.68. The standard InChI is InChI=1S/C20H23N3OS/c1-23(15-10-6-3-7-11-15)13-18-21-19(24)16-12-17(25-20(16)22-18)14-8-4-2-5-9-14/h2,4-5,8-9,12,15H,3,6-7,10-11,13H2,1H3,(H,21,22,24). The van der Waals surface area contributed by atoms with E-state index in [0.29, 0.717) is 18.0 Å². The van der Waals surface area contributed by atoms with Crippen molar-refractivity contribution in [1.29, 1.82) is 0 Å². The number of thiophene rings is 1. The van der Waals surface area contributed by atoms with E-state index in [1.54, 1.807) is 11.3 Å². The van der Waals surface area contributed by atoms with Crippen LogP contribution in [-0.4, -0.2) is 28.0 Å². The van der Waals surface area contributed by atoms with Crippen LogP contribution >= 0.6 is 11.3 Å². The molecule has 2 heterocycles. The average Bonchev–Trinajstić information content (AvgIpc) is 3.08. The molecule has 4 nitrogen and oxygen atoms in total. The highest BCUT2D eigenvalue weighted by Crippen LogP contribution is 2.31. The highest BCUT2D eigenvalue weighted by atomic mass is 32.1. The Morgan fingerprint density at radius 3 is 2.72 bits per heavy atom. The van der Waals surface area contributed by atoms with Crippen molar-refractivity contribution >= 4 is 21.6 Å². The summed E-state index contributed by atoms with van der Waals surface area (Å²) in [5.41, 5.74) is 1.10. The van der Waals surface area contributed by atoms with E-state index in [-0.39, 0.29) is 5.56 Å². The van der Waals surface area contributed by atoms with E-state index in [9.17, 15) is 4.79 Å². The number of aromatic amines is 1. The quantitative estimate of drug-likeness (QED) is 0.755. The molecule has 1 aliphatic carbocycles. The molecule has 4 rings (SSSR count). The molecule has 1 fully saturated rings. The number of benzene rings is 1. The molecule has 130 valence electrons. The molecule has 0 radical (unpaired) electrons. The third kappa shape index (κ3) is 3.53. The van der Waals surface area contributed by atoms with Gasteiger partial charge in [-0.2, -0.15) is 0 Å². The van der Waals surface area contributed by atoms with Crippen LogP contribution in [-0.2, 0) is 6.54 Å². The van der Waals surface area contributed by atoms with Gasteiger partial charge in [0.2, 0.25) is 0 Å². The second-order valence-corrected chi connectivity index (χ2v) is 7.95.